The van der Waals surface area contributed by atoms with E-state index in [1.807, 2.05) is 17.0 Å². The number of rotatable bonds is 4. The summed E-state index contributed by atoms with van der Waals surface area (Å²) in [5.74, 6) is 0.745. The topological polar surface area (TPSA) is 139 Å². The molecule has 1 aromatic heterocycles. The molecule has 1 aliphatic rings. The third kappa shape index (κ3) is 3.32. The first-order valence-corrected chi connectivity index (χ1v) is 7.40. The Morgan fingerprint density at radius 1 is 1.17 bits per heavy atom. The van der Waals surface area contributed by atoms with Crippen LogP contribution in [0.1, 0.15) is 16.7 Å². The van der Waals surface area contributed by atoms with Crippen LogP contribution in [0.5, 0.6) is 0 Å². The number of aliphatic hydroxyl groups excluding tert-OH is 1. The predicted octanol–water partition coefficient (Wildman–Crippen LogP) is -2.41. The fraction of sp³-hybridized carbons (Fsp3) is 0.467. The van der Waals surface area contributed by atoms with E-state index in [2.05, 4.69) is 11.1 Å². The number of hydrogen-bond acceptors (Lipinski definition) is 6. The molecule has 118 valence electrons. The molecule has 8 heteroatoms. The van der Waals surface area contributed by atoms with Gasteiger partial charge in [0.1, 0.15) is 56.0 Å². The van der Waals surface area contributed by atoms with Crippen molar-refractivity contribution >= 4 is 11.6 Å². The van der Waals surface area contributed by atoms with Gasteiger partial charge < -0.3 is 15.7 Å². The molecule has 1 saturated heterocycles. The Morgan fingerprint density at radius 2 is 1.83 bits per heavy atom. The van der Waals surface area contributed by atoms with Crippen LogP contribution in [0.25, 0.3) is 0 Å². The largest absolute Gasteiger partial charge is 0.391 e. The van der Waals surface area contributed by atoms with Crippen molar-refractivity contribution in [3.8, 4) is 18.2 Å². The summed E-state index contributed by atoms with van der Waals surface area (Å²) >= 11 is 0. The summed E-state index contributed by atoms with van der Waals surface area (Å²) in [7, 11) is 0. The minimum Gasteiger partial charge on any atom is -0.391 e. The van der Waals surface area contributed by atoms with Crippen LogP contribution in [0.4, 0.5) is 11.6 Å². The molecule has 0 bridgehead atoms. The van der Waals surface area contributed by atoms with Gasteiger partial charge in [-0.05, 0) is 0 Å². The Bertz CT molecular complexity index is 702. The summed E-state index contributed by atoms with van der Waals surface area (Å²) in [6, 6.07) is 6.07. The number of nitriles is 3. The van der Waals surface area contributed by atoms with Crippen molar-refractivity contribution in [2.75, 3.05) is 50.0 Å². The average Bonchev–Trinajstić information content (AvgIpc) is 2.56. The number of nitrogens with one attached hydrogen (secondary N) is 2. The molecule has 23 heavy (non-hydrogen) atoms. The SMILES string of the molecule is N#CCc1c(C#N)c(N)[nH+]c(N2CC[NH+](CCO)CC2)c1C#N. The van der Waals surface area contributed by atoms with Crippen molar-refractivity contribution in [2.24, 2.45) is 0 Å². The van der Waals surface area contributed by atoms with E-state index < -0.39 is 0 Å². The molecule has 0 unspecified atom stereocenters. The predicted molar refractivity (Wildman–Crippen MR) is 81.0 cm³/mol. The Hall–Kier alpha value is -2.86. The summed E-state index contributed by atoms with van der Waals surface area (Å²) in [4.78, 5) is 6.27. The number of anilines is 2. The molecule has 0 spiro atoms. The van der Waals surface area contributed by atoms with Crippen LogP contribution in [0.3, 0.4) is 0 Å². The van der Waals surface area contributed by atoms with Gasteiger partial charge in [-0.2, -0.15) is 15.8 Å². The fourth-order valence-corrected chi connectivity index (χ4v) is 2.88. The first-order valence-electron chi connectivity index (χ1n) is 7.40. The summed E-state index contributed by atoms with van der Waals surface area (Å²) in [5, 5.41) is 36.7. The molecule has 0 aromatic carbocycles. The van der Waals surface area contributed by atoms with Crippen molar-refractivity contribution in [1.82, 2.24) is 0 Å². The molecule has 5 N–H and O–H groups in total. The van der Waals surface area contributed by atoms with Gasteiger partial charge in [0.2, 0.25) is 11.6 Å². The van der Waals surface area contributed by atoms with Crippen LogP contribution < -0.4 is 20.5 Å². The standard InChI is InChI=1S/C15H17N7O/c16-2-1-11-12(9-17)14(19)20-15(13(11)10-18)22-5-3-21(4-6-22)7-8-23/h23H,1,3-8H2,(H2,19,20)/p+2. The molecule has 0 aliphatic carbocycles. The van der Waals surface area contributed by atoms with E-state index in [1.54, 1.807) is 0 Å². The molecular weight excluding hydrogens is 294 g/mol. The zero-order valence-electron chi connectivity index (χ0n) is 12.8. The molecular formula is C15H19N7O+2. The molecule has 2 heterocycles. The summed E-state index contributed by atoms with van der Waals surface area (Å²) in [5.41, 5.74) is 6.76. The second-order valence-corrected chi connectivity index (χ2v) is 5.38. The van der Waals surface area contributed by atoms with E-state index in [0.29, 0.717) is 36.6 Å². The minimum absolute atomic E-state index is 0.0343. The molecule has 1 aromatic rings. The van der Waals surface area contributed by atoms with Gasteiger partial charge in [0, 0.05) is 5.56 Å². The molecule has 0 radical (unpaired) electrons. The minimum atomic E-state index is -0.0343. The third-order valence-electron chi connectivity index (χ3n) is 4.09. The van der Waals surface area contributed by atoms with Gasteiger partial charge in [-0.3, -0.25) is 4.90 Å². The highest BCUT2D eigenvalue weighted by Crippen LogP contribution is 2.24. The number of quaternary nitrogens is 1. The fourth-order valence-electron chi connectivity index (χ4n) is 2.88. The Labute approximate surface area is 134 Å². The van der Waals surface area contributed by atoms with Crippen LogP contribution >= 0.6 is 0 Å². The van der Waals surface area contributed by atoms with Crippen molar-refractivity contribution < 1.29 is 15.0 Å². The average molecular weight is 313 g/mol. The zero-order chi connectivity index (χ0) is 16.8. The number of hydrogen-bond donors (Lipinski definition) is 3. The zero-order valence-corrected chi connectivity index (χ0v) is 12.8. The van der Waals surface area contributed by atoms with Crippen molar-refractivity contribution in [3.05, 3.63) is 16.7 Å². The summed E-state index contributed by atoms with van der Waals surface area (Å²) in [6.07, 6.45) is -0.0343. The van der Waals surface area contributed by atoms with E-state index in [4.69, 9.17) is 16.1 Å². The number of nitrogens with zero attached hydrogens (tertiary/aromatic N) is 4. The molecule has 2 rings (SSSR count). The van der Waals surface area contributed by atoms with Crippen LogP contribution in [0, 0.1) is 34.0 Å². The number of piperazine rings is 1. The lowest BCUT2D eigenvalue weighted by atomic mass is 10.0. The normalized spacial score (nSPS) is 14.8. The molecule has 1 fully saturated rings. The van der Waals surface area contributed by atoms with E-state index in [9.17, 15) is 10.5 Å². The summed E-state index contributed by atoms with van der Waals surface area (Å²) < 4.78 is 0. The van der Waals surface area contributed by atoms with Crippen molar-refractivity contribution in [3.63, 3.8) is 0 Å². The van der Waals surface area contributed by atoms with Crippen LogP contribution in [0.2, 0.25) is 0 Å². The maximum Gasteiger partial charge on any atom is 0.240 e. The van der Waals surface area contributed by atoms with Crippen molar-refractivity contribution in [1.29, 1.82) is 15.8 Å². The molecule has 0 atom stereocenters. The summed E-state index contributed by atoms with van der Waals surface area (Å²) in [6.45, 7) is 3.95. The lowest BCUT2D eigenvalue weighted by Crippen LogP contribution is -3.15. The van der Waals surface area contributed by atoms with Crippen LogP contribution in [-0.4, -0.2) is 44.4 Å². The van der Waals surface area contributed by atoms with Gasteiger partial charge in [-0.25, -0.2) is 4.98 Å². The highest BCUT2D eigenvalue weighted by Gasteiger charge is 2.30. The van der Waals surface area contributed by atoms with E-state index in [0.717, 1.165) is 13.1 Å². The molecule has 8 nitrogen and oxygen atoms in total. The molecule has 0 saturated carbocycles. The van der Waals surface area contributed by atoms with Gasteiger partial charge in [0.15, 0.2) is 0 Å². The van der Waals surface area contributed by atoms with Gasteiger partial charge >= 0.3 is 0 Å². The first kappa shape index (κ1) is 16.5. The van der Waals surface area contributed by atoms with Crippen molar-refractivity contribution in [2.45, 2.75) is 6.42 Å². The second kappa shape index (κ2) is 7.42. The lowest BCUT2D eigenvalue weighted by Gasteiger charge is -2.30. The van der Waals surface area contributed by atoms with Gasteiger partial charge in [0.25, 0.3) is 0 Å². The number of aliphatic hydroxyl groups is 1. The van der Waals surface area contributed by atoms with E-state index in [-0.39, 0.29) is 24.4 Å². The molecule has 0 amide bonds. The molecule has 1 aliphatic heterocycles. The number of aromatic amines is 1. The number of pyridine rings is 1. The number of nitrogens with two attached hydrogens (primary N) is 1. The number of H-pyrrole nitrogens is 1. The van der Waals surface area contributed by atoms with Gasteiger partial charge in [0.05, 0.1) is 19.1 Å². The highest BCUT2D eigenvalue weighted by atomic mass is 16.3. The van der Waals surface area contributed by atoms with Gasteiger partial charge in [-0.15, -0.1) is 0 Å². The van der Waals surface area contributed by atoms with E-state index in [1.165, 1.54) is 4.90 Å². The Balaban J connectivity index is 2.39. The quantitative estimate of drug-likeness (QED) is 0.565. The number of nitrogen functional groups attached to an aromatic ring is 1. The monoisotopic (exact) mass is 313 g/mol. The maximum atomic E-state index is 9.51. The maximum absolute atomic E-state index is 9.51. The van der Waals surface area contributed by atoms with Crippen LogP contribution in [0.15, 0.2) is 0 Å². The Morgan fingerprint density at radius 3 is 2.35 bits per heavy atom. The first-order chi connectivity index (χ1) is 11.2. The third-order valence-corrected chi connectivity index (χ3v) is 4.09. The Kier molecular flexibility index (Phi) is 5.32. The van der Waals surface area contributed by atoms with E-state index >= 15 is 0 Å². The van der Waals surface area contributed by atoms with Gasteiger partial charge in [-0.1, -0.05) is 0 Å². The highest BCUT2D eigenvalue weighted by molar-refractivity contribution is 5.64. The smallest absolute Gasteiger partial charge is 0.240 e. The lowest BCUT2D eigenvalue weighted by molar-refractivity contribution is -0.901. The van der Waals surface area contributed by atoms with Crippen LogP contribution in [-0.2, 0) is 6.42 Å². The second-order valence-electron chi connectivity index (χ2n) is 5.38. The number of aromatic nitrogens is 1.